The minimum absolute atomic E-state index is 0.0688. The molecular formula is C16H15N3O. The summed E-state index contributed by atoms with van der Waals surface area (Å²) >= 11 is 0. The maximum atomic E-state index is 11.9. The van der Waals surface area contributed by atoms with Crippen LogP contribution in [-0.4, -0.2) is 10.5 Å². The van der Waals surface area contributed by atoms with E-state index >= 15 is 0 Å². The molecule has 4 heteroatoms. The molecule has 20 heavy (non-hydrogen) atoms. The van der Waals surface area contributed by atoms with Crippen LogP contribution in [0.2, 0.25) is 0 Å². The first-order chi connectivity index (χ1) is 9.65. The van der Waals surface area contributed by atoms with Crippen LogP contribution in [0, 0.1) is 11.3 Å². The van der Waals surface area contributed by atoms with Crippen molar-refractivity contribution in [2.24, 2.45) is 7.05 Å². The zero-order valence-electron chi connectivity index (χ0n) is 11.5. The maximum Gasteiger partial charge on any atom is 0.231 e. The molecule has 0 aliphatic carbocycles. The van der Waals surface area contributed by atoms with Gasteiger partial charge in [0, 0.05) is 18.4 Å². The molecule has 0 radical (unpaired) electrons. The zero-order chi connectivity index (χ0) is 14.3. The third kappa shape index (κ3) is 1.71. The number of hydrogen-bond acceptors (Lipinski definition) is 2. The minimum atomic E-state index is -0.0688. The monoisotopic (exact) mass is 265 g/mol. The van der Waals surface area contributed by atoms with Crippen LogP contribution in [0.1, 0.15) is 30.5 Å². The predicted molar refractivity (Wildman–Crippen MR) is 77.2 cm³/mol. The Morgan fingerprint density at radius 3 is 2.80 bits per heavy atom. The van der Waals surface area contributed by atoms with Crippen LogP contribution in [0.5, 0.6) is 0 Å². The molecule has 0 saturated heterocycles. The van der Waals surface area contributed by atoms with Gasteiger partial charge in [-0.05, 0) is 41.8 Å². The number of fused-ring (bicyclic) bond motifs is 1. The number of nitriles is 1. The van der Waals surface area contributed by atoms with Gasteiger partial charge in [0.25, 0.3) is 0 Å². The van der Waals surface area contributed by atoms with E-state index in [2.05, 4.69) is 17.5 Å². The molecule has 100 valence electrons. The number of anilines is 1. The van der Waals surface area contributed by atoms with E-state index in [4.69, 9.17) is 5.26 Å². The second kappa shape index (κ2) is 4.53. The molecule has 0 fully saturated rings. The Hall–Kier alpha value is -2.54. The summed E-state index contributed by atoms with van der Waals surface area (Å²) in [4.78, 5) is 11.9. The van der Waals surface area contributed by atoms with Crippen molar-refractivity contribution in [2.45, 2.75) is 19.3 Å². The fourth-order valence-electron chi connectivity index (χ4n) is 2.80. The van der Waals surface area contributed by atoms with E-state index in [0.717, 1.165) is 28.9 Å². The smallest absolute Gasteiger partial charge is 0.231 e. The lowest BCUT2D eigenvalue weighted by Gasteiger charge is -2.09. The molecule has 2 heterocycles. The second-order valence-corrected chi connectivity index (χ2v) is 5.03. The van der Waals surface area contributed by atoms with Gasteiger partial charge >= 0.3 is 0 Å². The van der Waals surface area contributed by atoms with Crippen LogP contribution in [0.3, 0.4) is 0 Å². The first-order valence-electron chi connectivity index (χ1n) is 6.66. The molecule has 0 bridgehead atoms. The second-order valence-electron chi connectivity index (χ2n) is 5.03. The molecule has 1 amide bonds. The standard InChI is InChI=1S/C16H15N3O/c1-3-12-13-8-10(4-6-14(13)18-16(12)20)15-7-5-11(9-17)19(15)2/h4-8,12H,3H2,1-2H3,(H,18,20). The van der Waals surface area contributed by atoms with Crippen LogP contribution in [0.15, 0.2) is 30.3 Å². The van der Waals surface area contributed by atoms with E-state index in [1.807, 2.05) is 42.8 Å². The van der Waals surface area contributed by atoms with Crippen molar-refractivity contribution in [3.63, 3.8) is 0 Å². The van der Waals surface area contributed by atoms with Crippen LogP contribution in [-0.2, 0) is 11.8 Å². The lowest BCUT2D eigenvalue weighted by Crippen LogP contribution is -2.10. The van der Waals surface area contributed by atoms with Crippen LogP contribution >= 0.6 is 0 Å². The molecule has 3 rings (SSSR count). The number of rotatable bonds is 2. The molecule has 4 nitrogen and oxygen atoms in total. The molecule has 2 aromatic rings. The zero-order valence-corrected chi connectivity index (χ0v) is 11.5. The summed E-state index contributed by atoms with van der Waals surface area (Å²) < 4.78 is 1.87. The Morgan fingerprint density at radius 2 is 2.15 bits per heavy atom. The minimum Gasteiger partial charge on any atom is -0.335 e. The highest BCUT2D eigenvalue weighted by atomic mass is 16.2. The number of amides is 1. The SMILES string of the molecule is CCC1C(=O)Nc2ccc(-c3ccc(C#N)n3C)cc21. The van der Waals surface area contributed by atoms with Crippen LogP contribution in [0.4, 0.5) is 5.69 Å². The quantitative estimate of drug-likeness (QED) is 0.907. The lowest BCUT2D eigenvalue weighted by atomic mass is 9.96. The van der Waals surface area contributed by atoms with Crippen LogP contribution < -0.4 is 5.32 Å². The number of nitrogens with one attached hydrogen (secondary N) is 1. The van der Waals surface area contributed by atoms with E-state index in [-0.39, 0.29) is 11.8 Å². The molecule has 1 aromatic heterocycles. The lowest BCUT2D eigenvalue weighted by molar-refractivity contribution is -0.117. The molecule has 1 aliphatic rings. The van der Waals surface area contributed by atoms with Gasteiger partial charge in [-0.3, -0.25) is 4.79 Å². The molecule has 1 aromatic carbocycles. The molecule has 1 aliphatic heterocycles. The highest BCUT2D eigenvalue weighted by molar-refractivity contribution is 6.03. The summed E-state index contributed by atoms with van der Waals surface area (Å²) in [5.41, 5.74) is 4.60. The van der Waals surface area contributed by atoms with Crippen molar-refractivity contribution >= 4 is 11.6 Å². The number of carbonyl (C=O) groups is 1. The van der Waals surface area contributed by atoms with Gasteiger partial charge in [-0.25, -0.2) is 0 Å². The van der Waals surface area contributed by atoms with Gasteiger partial charge in [0.05, 0.1) is 5.92 Å². The number of benzene rings is 1. The Labute approximate surface area is 117 Å². The van der Waals surface area contributed by atoms with Crippen molar-refractivity contribution in [3.05, 3.63) is 41.6 Å². The average molecular weight is 265 g/mol. The largest absolute Gasteiger partial charge is 0.335 e. The normalized spacial score (nSPS) is 16.6. The van der Waals surface area contributed by atoms with Crippen molar-refractivity contribution in [3.8, 4) is 17.3 Å². The summed E-state index contributed by atoms with van der Waals surface area (Å²) in [6, 6.07) is 11.9. The highest BCUT2D eigenvalue weighted by Gasteiger charge is 2.29. The molecule has 0 saturated carbocycles. The Bertz CT molecular complexity index is 737. The summed E-state index contributed by atoms with van der Waals surface area (Å²) in [7, 11) is 1.88. The van der Waals surface area contributed by atoms with Crippen molar-refractivity contribution in [2.75, 3.05) is 5.32 Å². The van der Waals surface area contributed by atoms with E-state index in [1.165, 1.54) is 0 Å². The van der Waals surface area contributed by atoms with Crippen molar-refractivity contribution in [1.29, 1.82) is 5.26 Å². The topological polar surface area (TPSA) is 57.8 Å². The average Bonchev–Trinajstić information content (AvgIpc) is 2.97. The molecular weight excluding hydrogens is 250 g/mol. The third-order valence-electron chi connectivity index (χ3n) is 3.94. The fourth-order valence-corrected chi connectivity index (χ4v) is 2.80. The Morgan fingerprint density at radius 1 is 1.35 bits per heavy atom. The highest BCUT2D eigenvalue weighted by Crippen LogP contribution is 2.37. The Kier molecular flexibility index (Phi) is 2.83. The first kappa shape index (κ1) is 12.5. The van der Waals surface area contributed by atoms with Gasteiger partial charge in [-0.1, -0.05) is 13.0 Å². The molecule has 1 atom stereocenters. The van der Waals surface area contributed by atoms with E-state index in [9.17, 15) is 4.79 Å². The van der Waals surface area contributed by atoms with Gasteiger partial charge in [0.2, 0.25) is 5.91 Å². The third-order valence-corrected chi connectivity index (χ3v) is 3.94. The van der Waals surface area contributed by atoms with E-state index in [1.54, 1.807) is 0 Å². The maximum absolute atomic E-state index is 11.9. The van der Waals surface area contributed by atoms with Gasteiger partial charge < -0.3 is 9.88 Å². The fraction of sp³-hybridized carbons (Fsp3) is 0.250. The summed E-state index contributed by atoms with van der Waals surface area (Å²) in [5, 5.41) is 11.9. The van der Waals surface area contributed by atoms with Crippen molar-refractivity contribution < 1.29 is 4.79 Å². The van der Waals surface area contributed by atoms with Gasteiger partial charge in [0.1, 0.15) is 11.8 Å². The van der Waals surface area contributed by atoms with Crippen molar-refractivity contribution in [1.82, 2.24) is 4.57 Å². The van der Waals surface area contributed by atoms with Gasteiger partial charge in [-0.15, -0.1) is 0 Å². The predicted octanol–water partition coefficient (Wildman–Crippen LogP) is 3.01. The molecule has 0 spiro atoms. The van der Waals surface area contributed by atoms with E-state index < -0.39 is 0 Å². The molecule has 1 N–H and O–H groups in total. The summed E-state index contributed by atoms with van der Waals surface area (Å²) in [6.45, 7) is 2.02. The number of hydrogen-bond donors (Lipinski definition) is 1. The Balaban J connectivity index is 2.10. The van der Waals surface area contributed by atoms with Crippen LogP contribution in [0.25, 0.3) is 11.3 Å². The first-order valence-corrected chi connectivity index (χ1v) is 6.66. The summed E-state index contributed by atoms with van der Waals surface area (Å²) in [5.74, 6) is 0.00454. The van der Waals surface area contributed by atoms with E-state index in [0.29, 0.717) is 5.69 Å². The van der Waals surface area contributed by atoms with Gasteiger partial charge in [-0.2, -0.15) is 5.26 Å². The summed E-state index contributed by atoms with van der Waals surface area (Å²) in [6.07, 6.45) is 0.791. The number of aromatic nitrogens is 1. The molecule has 1 unspecified atom stereocenters. The number of carbonyl (C=O) groups excluding carboxylic acids is 1. The number of nitrogens with zero attached hydrogens (tertiary/aromatic N) is 2. The van der Waals surface area contributed by atoms with Gasteiger partial charge in [0.15, 0.2) is 0 Å².